The van der Waals surface area contributed by atoms with E-state index in [0.717, 1.165) is 23.1 Å². The van der Waals surface area contributed by atoms with Crippen LogP contribution in [0.5, 0.6) is 0 Å². The van der Waals surface area contributed by atoms with E-state index in [2.05, 4.69) is 21.6 Å². The van der Waals surface area contributed by atoms with Crippen LogP contribution in [0.4, 0.5) is 5.13 Å². The first kappa shape index (κ1) is 15.7. The van der Waals surface area contributed by atoms with Crippen molar-refractivity contribution >= 4 is 46.1 Å². The first-order valence-corrected chi connectivity index (χ1v) is 8.62. The van der Waals surface area contributed by atoms with Crippen molar-refractivity contribution in [2.45, 2.75) is 24.9 Å². The SMILES string of the molecule is CCCSc1nsc(NC(=O)CSCCCO)n1. The third-order valence-corrected chi connectivity index (χ3v) is 4.61. The molecule has 1 aromatic rings. The Morgan fingerprint density at radius 3 is 3.06 bits per heavy atom. The van der Waals surface area contributed by atoms with Crippen molar-refractivity contribution in [2.24, 2.45) is 0 Å². The molecular formula is C10H17N3O2S3. The number of thioether (sulfide) groups is 2. The number of nitrogens with zero attached hydrogens (tertiary/aromatic N) is 2. The van der Waals surface area contributed by atoms with Gasteiger partial charge in [0.05, 0.1) is 5.75 Å². The summed E-state index contributed by atoms with van der Waals surface area (Å²) in [5.41, 5.74) is 0. The molecule has 0 fully saturated rings. The fourth-order valence-corrected chi connectivity index (χ4v) is 3.15. The molecule has 18 heavy (non-hydrogen) atoms. The summed E-state index contributed by atoms with van der Waals surface area (Å²) in [6.07, 6.45) is 1.79. The lowest BCUT2D eigenvalue weighted by atomic mass is 10.5. The van der Waals surface area contributed by atoms with E-state index in [1.165, 1.54) is 23.3 Å². The summed E-state index contributed by atoms with van der Waals surface area (Å²) in [6.45, 7) is 2.27. The third kappa shape index (κ3) is 6.58. The van der Waals surface area contributed by atoms with Gasteiger partial charge >= 0.3 is 0 Å². The zero-order valence-electron chi connectivity index (χ0n) is 10.2. The van der Waals surface area contributed by atoms with Crippen LogP contribution in [0.3, 0.4) is 0 Å². The molecule has 0 bridgehead atoms. The quantitative estimate of drug-likeness (QED) is 0.537. The molecule has 0 spiro atoms. The molecule has 5 nitrogen and oxygen atoms in total. The average molecular weight is 307 g/mol. The van der Waals surface area contributed by atoms with Crippen molar-refractivity contribution < 1.29 is 9.90 Å². The van der Waals surface area contributed by atoms with Crippen LogP contribution in [0.25, 0.3) is 0 Å². The molecule has 0 unspecified atom stereocenters. The highest BCUT2D eigenvalue weighted by Gasteiger charge is 2.08. The summed E-state index contributed by atoms with van der Waals surface area (Å²) in [6, 6.07) is 0. The number of hydrogen-bond acceptors (Lipinski definition) is 7. The van der Waals surface area contributed by atoms with Crippen molar-refractivity contribution in [1.29, 1.82) is 0 Å². The number of hydrogen-bond donors (Lipinski definition) is 2. The van der Waals surface area contributed by atoms with Gasteiger partial charge in [-0.3, -0.25) is 10.1 Å². The van der Waals surface area contributed by atoms with E-state index in [4.69, 9.17) is 5.11 Å². The summed E-state index contributed by atoms with van der Waals surface area (Å²) in [5, 5.41) is 12.6. The van der Waals surface area contributed by atoms with Gasteiger partial charge in [0.2, 0.25) is 16.2 Å². The van der Waals surface area contributed by atoms with E-state index in [1.54, 1.807) is 11.8 Å². The lowest BCUT2D eigenvalue weighted by Gasteiger charge is -2.00. The molecule has 2 N–H and O–H groups in total. The summed E-state index contributed by atoms with van der Waals surface area (Å²) in [4.78, 5) is 15.8. The molecule has 0 aromatic carbocycles. The molecule has 8 heteroatoms. The topological polar surface area (TPSA) is 75.1 Å². The Balaban J connectivity index is 2.24. The Bertz CT molecular complexity index is 360. The highest BCUT2D eigenvalue weighted by atomic mass is 32.2. The number of aromatic nitrogens is 2. The standard InChI is InChI=1S/C10H17N3O2S3/c1-2-5-17-10-12-9(18-13-10)11-8(15)7-16-6-3-4-14/h14H,2-7H2,1H3,(H,11,12,13,15). The minimum atomic E-state index is -0.0684. The first-order chi connectivity index (χ1) is 8.76. The van der Waals surface area contributed by atoms with Crippen molar-refractivity contribution in [3.63, 3.8) is 0 Å². The van der Waals surface area contributed by atoms with E-state index >= 15 is 0 Å². The zero-order chi connectivity index (χ0) is 13.2. The molecule has 1 rings (SSSR count). The van der Waals surface area contributed by atoms with E-state index in [-0.39, 0.29) is 12.5 Å². The first-order valence-electron chi connectivity index (χ1n) is 5.71. The molecule has 0 radical (unpaired) electrons. The normalized spacial score (nSPS) is 10.6. The van der Waals surface area contributed by atoms with Crippen LogP contribution in [-0.2, 0) is 4.79 Å². The van der Waals surface area contributed by atoms with Gasteiger partial charge in [-0.05, 0) is 18.6 Å². The summed E-state index contributed by atoms with van der Waals surface area (Å²) in [5.74, 6) is 2.09. The zero-order valence-corrected chi connectivity index (χ0v) is 12.7. The van der Waals surface area contributed by atoms with E-state index in [0.29, 0.717) is 17.3 Å². The van der Waals surface area contributed by atoms with Gasteiger partial charge in [-0.1, -0.05) is 18.7 Å². The number of aliphatic hydroxyl groups excluding tert-OH is 1. The van der Waals surface area contributed by atoms with Crippen molar-refractivity contribution in [3.8, 4) is 0 Å². The molecule has 0 aliphatic heterocycles. The van der Waals surface area contributed by atoms with Gasteiger partial charge in [0.1, 0.15) is 0 Å². The molecule has 102 valence electrons. The maximum Gasteiger partial charge on any atom is 0.236 e. The second kappa shape index (κ2) is 9.60. The predicted octanol–water partition coefficient (Wildman–Crippen LogP) is 2.09. The Morgan fingerprint density at radius 1 is 1.50 bits per heavy atom. The monoisotopic (exact) mass is 307 g/mol. The largest absolute Gasteiger partial charge is 0.396 e. The number of carbonyl (C=O) groups excluding carboxylic acids is 1. The third-order valence-electron chi connectivity index (χ3n) is 1.77. The van der Waals surface area contributed by atoms with Crippen molar-refractivity contribution in [1.82, 2.24) is 9.36 Å². The number of anilines is 1. The van der Waals surface area contributed by atoms with E-state index in [1.807, 2.05) is 0 Å². The molecule has 0 saturated carbocycles. The van der Waals surface area contributed by atoms with Gasteiger partial charge in [0.15, 0.2) is 0 Å². The van der Waals surface area contributed by atoms with Gasteiger partial charge < -0.3 is 5.11 Å². The van der Waals surface area contributed by atoms with Crippen LogP contribution in [-0.4, -0.2) is 44.2 Å². The van der Waals surface area contributed by atoms with Crippen LogP contribution >= 0.6 is 35.1 Å². The minimum absolute atomic E-state index is 0.0684. The highest BCUT2D eigenvalue weighted by molar-refractivity contribution is 8.00. The number of rotatable bonds is 9. The van der Waals surface area contributed by atoms with Crippen molar-refractivity contribution in [3.05, 3.63) is 0 Å². The van der Waals surface area contributed by atoms with Gasteiger partial charge in [-0.15, -0.1) is 0 Å². The molecule has 0 saturated heterocycles. The lowest BCUT2D eigenvalue weighted by molar-refractivity contribution is -0.113. The van der Waals surface area contributed by atoms with E-state index < -0.39 is 0 Å². The molecule has 0 aliphatic rings. The summed E-state index contributed by atoms with van der Waals surface area (Å²) >= 11 is 4.31. The summed E-state index contributed by atoms with van der Waals surface area (Å²) < 4.78 is 4.16. The van der Waals surface area contributed by atoms with E-state index in [9.17, 15) is 4.79 Å². The lowest BCUT2D eigenvalue weighted by Crippen LogP contribution is -2.14. The maximum atomic E-state index is 11.5. The fourth-order valence-electron chi connectivity index (χ4n) is 1.000. The minimum Gasteiger partial charge on any atom is -0.396 e. The van der Waals surface area contributed by atoms with Gasteiger partial charge in [-0.2, -0.15) is 21.1 Å². The second-order valence-electron chi connectivity index (χ2n) is 3.41. The molecule has 1 heterocycles. The van der Waals surface area contributed by atoms with Crippen LogP contribution in [0, 0.1) is 0 Å². The maximum absolute atomic E-state index is 11.5. The Morgan fingerprint density at radius 2 is 2.33 bits per heavy atom. The molecule has 0 aliphatic carbocycles. The molecule has 1 amide bonds. The van der Waals surface area contributed by atoms with Gasteiger partial charge in [0, 0.05) is 23.9 Å². The second-order valence-corrected chi connectivity index (χ2v) is 6.33. The Labute approximate surface area is 119 Å². The number of aliphatic hydroxyl groups is 1. The number of carbonyl (C=O) groups is 1. The number of nitrogens with one attached hydrogen (secondary N) is 1. The van der Waals surface area contributed by atoms with Crippen LogP contribution in [0.15, 0.2) is 5.16 Å². The average Bonchev–Trinajstić information content (AvgIpc) is 2.80. The van der Waals surface area contributed by atoms with Crippen LogP contribution in [0.1, 0.15) is 19.8 Å². The Kier molecular flexibility index (Phi) is 8.40. The van der Waals surface area contributed by atoms with Gasteiger partial charge in [0.25, 0.3) is 0 Å². The van der Waals surface area contributed by atoms with Gasteiger partial charge in [-0.25, -0.2) is 0 Å². The smallest absolute Gasteiger partial charge is 0.236 e. The predicted molar refractivity (Wildman–Crippen MR) is 78.6 cm³/mol. The number of amides is 1. The fraction of sp³-hybridized carbons (Fsp3) is 0.700. The molecule has 0 atom stereocenters. The van der Waals surface area contributed by atoms with Crippen LogP contribution in [0.2, 0.25) is 0 Å². The molecule has 1 aromatic heterocycles. The Hall–Kier alpha value is -0.310. The van der Waals surface area contributed by atoms with Crippen molar-refractivity contribution in [2.75, 3.05) is 29.2 Å². The highest BCUT2D eigenvalue weighted by Crippen LogP contribution is 2.20. The van der Waals surface area contributed by atoms with Crippen LogP contribution < -0.4 is 5.32 Å². The summed E-state index contributed by atoms with van der Waals surface area (Å²) in [7, 11) is 0. The molecular weight excluding hydrogens is 290 g/mol.